The Morgan fingerprint density at radius 3 is 2.38 bits per heavy atom. The summed E-state index contributed by atoms with van der Waals surface area (Å²) < 4.78 is 55.9. The van der Waals surface area contributed by atoms with Gasteiger partial charge in [0.15, 0.2) is 18.0 Å². The van der Waals surface area contributed by atoms with Crippen molar-refractivity contribution < 1.29 is 27.7 Å². The highest BCUT2D eigenvalue weighted by molar-refractivity contribution is 5.27. The van der Waals surface area contributed by atoms with Crippen LogP contribution in [0.15, 0.2) is 46.1 Å². The van der Waals surface area contributed by atoms with Gasteiger partial charge in [0.25, 0.3) is 5.56 Å². The Bertz CT molecular complexity index is 1100. The molecule has 0 bridgehead atoms. The third-order valence-electron chi connectivity index (χ3n) is 6.69. The summed E-state index contributed by atoms with van der Waals surface area (Å²) in [4.78, 5) is 26.0. The number of benzene rings is 1. The summed E-state index contributed by atoms with van der Waals surface area (Å²) in [7, 11) is 1.54. The van der Waals surface area contributed by atoms with Crippen LogP contribution in [-0.2, 0) is 20.8 Å². The predicted octanol–water partition coefficient (Wildman–Crippen LogP) is 4.03. The molecule has 206 valence electrons. The Labute approximate surface area is 216 Å². The van der Waals surface area contributed by atoms with Crippen LogP contribution in [0.3, 0.4) is 0 Å². The van der Waals surface area contributed by atoms with Crippen LogP contribution in [0.4, 0.5) is 8.78 Å². The molecule has 0 radical (unpaired) electrons. The SMILES string of the molecule is CCCCOC[C@@]1(C(C)F)O[C@@H](n2ccc(=O)n(Cc3ccc(OC)cc3)c2=O)[C@H](F)[C@@H]1OCCCC. The number of nitrogens with zero attached hydrogens (tertiary/aromatic N) is 2. The second kappa shape index (κ2) is 13.3. The van der Waals surface area contributed by atoms with E-state index in [0.29, 0.717) is 24.3 Å². The molecular weight excluding hydrogens is 486 g/mol. The highest BCUT2D eigenvalue weighted by Crippen LogP contribution is 2.43. The molecule has 10 heteroatoms. The zero-order chi connectivity index (χ0) is 27.0. The Balaban J connectivity index is 1.96. The number of aromatic nitrogens is 2. The van der Waals surface area contributed by atoms with E-state index in [2.05, 4.69) is 0 Å². The first-order valence-electron chi connectivity index (χ1n) is 12.9. The second-order valence-corrected chi connectivity index (χ2v) is 9.35. The lowest BCUT2D eigenvalue weighted by molar-refractivity contribution is -0.181. The van der Waals surface area contributed by atoms with Gasteiger partial charge >= 0.3 is 5.69 Å². The van der Waals surface area contributed by atoms with Crippen LogP contribution in [-0.4, -0.2) is 60.1 Å². The number of halogens is 2. The standard InChI is InChI=1S/C27H38F2N2O6/c1-5-7-15-35-18-27(19(3)28)24(36-16-8-6-2)23(29)25(37-27)30-14-13-22(32)31(26(30)33)17-20-9-11-21(34-4)12-10-20/h9-14,19,23-25H,5-8,15-18H2,1-4H3/t19?,23-,24+,25-,27+/m1/s1. The summed E-state index contributed by atoms with van der Waals surface area (Å²) in [5, 5.41) is 0. The van der Waals surface area contributed by atoms with Gasteiger partial charge in [-0.1, -0.05) is 38.8 Å². The minimum atomic E-state index is -1.87. The van der Waals surface area contributed by atoms with Gasteiger partial charge in [-0.15, -0.1) is 0 Å². The van der Waals surface area contributed by atoms with E-state index in [9.17, 15) is 9.59 Å². The lowest BCUT2D eigenvalue weighted by atomic mass is 9.91. The monoisotopic (exact) mass is 524 g/mol. The van der Waals surface area contributed by atoms with Crippen molar-refractivity contribution in [1.29, 1.82) is 0 Å². The molecule has 1 saturated heterocycles. The van der Waals surface area contributed by atoms with Gasteiger partial charge in [-0.05, 0) is 37.5 Å². The number of methoxy groups -OCH3 is 1. The van der Waals surface area contributed by atoms with Gasteiger partial charge < -0.3 is 18.9 Å². The van der Waals surface area contributed by atoms with E-state index in [4.69, 9.17) is 18.9 Å². The van der Waals surface area contributed by atoms with Gasteiger partial charge in [0.2, 0.25) is 0 Å². The zero-order valence-electron chi connectivity index (χ0n) is 22.0. The predicted molar refractivity (Wildman–Crippen MR) is 136 cm³/mol. The molecular formula is C27H38F2N2O6. The van der Waals surface area contributed by atoms with Crippen molar-refractivity contribution in [3.63, 3.8) is 0 Å². The fourth-order valence-corrected chi connectivity index (χ4v) is 4.39. The van der Waals surface area contributed by atoms with Gasteiger partial charge in [0, 0.05) is 25.5 Å². The molecule has 1 fully saturated rings. The van der Waals surface area contributed by atoms with Crippen LogP contribution < -0.4 is 16.0 Å². The van der Waals surface area contributed by atoms with E-state index in [1.54, 1.807) is 24.3 Å². The molecule has 0 saturated carbocycles. The number of hydrogen-bond donors (Lipinski definition) is 0. The molecule has 1 aliphatic heterocycles. The largest absolute Gasteiger partial charge is 0.497 e. The molecule has 1 aliphatic rings. The van der Waals surface area contributed by atoms with Gasteiger partial charge in [0.1, 0.15) is 18.0 Å². The molecule has 2 aromatic rings. The van der Waals surface area contributed by atoms with Crippen molar-refractivity contribution in [3.8, 4) is 5.75 Å². The third-order valence-corrected chi connectivity index (χ3v) is 6.69. The fraction of sp³-hybridized carbons (Fsp3) is 0.630. The Kier molecular flexibility index (Phi) is 10.4. The summed E-state index contributed by atoms with van der Waals surface area (Å²) in [5.41, 5.74) is -2.38. The minimum absolute atomic E-state index is 0.0343. The van der Waals surface area contributed by atoms with E-state index in [1.165, 1.54) is 26.3 Å². The average Bonchev–Trinajstić information content (AvgIpc) is 3.17. The quantitative estimate of drug-likeness (QED) is 0.347. The van der Waals surface area contributed by atoms with Crippen molar-refractivity contribution in [1.82, 2.24) is 9.13 Å². The first-order valence-corrected chi connectivity index (χ1v) is 12.9. The van der Waals surface area contributed by atoms with E-state index in [0.717, 1.165) is 28.4 Å². The average molecular weight is 525 g/mol. The molecule has 1 aromatic heterocycles. The van der Waals surface area contributed by atoms with E-state index in [1.807, 2.05) is 13.8 Å². The molecule has 3 rings (SSSR count). The first kappa shape index (κ1) is 29.0. The third kappa shape index (κ3) is 6.48. The number of alkyl halides is 2. The molecule has 2 heterocycles. The van der Waals surface area contributed by atoms with Crippen LogP contribution in [0.25, 0.3) is 0 Å². The molecule has 8 nitrogen and oxygen atoms in total. The van der Waals surface area contributed by atoms with Crippen molar-refractivity contribution >= 4 is 0 Å². The molecule has 5 atom stereocenters. The zero-order valence-corrected chi connectivity index (χ0v) is 22.0. The van der Waals surface area contributed by atoms with Gasteiger partial charge in [-0.25, -0.2) is 13.6 Å². The first-order chi connectivity index (χ1) is 17.8. The minimum Gasteiger partial charge on any atom is -0.497 e. The maximum atomic E-state index is 16.0. The summed E-state index contributed by atoms with van der Waals surface area (Å²) in [6.07, 6.45) is -1.99. The van der Waals surface area contributed by atoms with Crippen molar-refractivity contribution in [2.24, 2.45) is 0 Å². The fourth-order valence-electron chi connectivity index (χ4n) is 4.39. The normalized spacial score (nSPS) is 24.3. The van der Waals surface area contributed by atoms with Crippen LogP contribution in [0.1, 0.15) is 58.2 Å². The van der Waals surface area contributed by atoms with E-state index in [-0.39, 0.29) is 19.8 Å². The lowest BCUT2D eigenvalue weighted by Crippen LogP contribution is -2.54. The van der Waals surface area contributed by atoms with Gasteiger partial charge in [-0.2, -0.15) is 0 Å². The highest BCUT2D eigenvalue weighted by Gasteiger charge is 2.61. The molecule has 0 N–H and O–H groups in total. The highest BCUT2D eigenvalue weighted by atomic mass is 19.1. The molecule has 1 unspecified atom stereocenters. The van der Waals surface area contributed by atoms with Crippen molar-refractivity contribution in [2.45, 2.75) is 83.3 Å². The maximum Gasteiger partial charge on any atom is 0.333 e. The second-order valence-electron chi connectivity index (χ2n) is 9.35. The number of rotatable bonds is 14. The number of unbranched alkanes of at least 4 members (excludes halogenated alkanes) is 2. The summed E-state index contributed by atoms with van der Waals surface area (Å²) >= 11 is 0. The van der Waals surface area contributed by atoms with Crippen LogP contribution >= 0.6 is 0 Å². The van der Waals surface area contributed by atoms with Crippen LogP contribution in [0.2, 0.25) is 0 Å². The topological polar surface area (TPSA) is 80.9 Å². The summed E-state index contributed by atoms with van der Waals surface area (Å²) in [5.74, 6) is 0.633. The van der Waals surface area contributed by atoms with Crippen LogP contribution in [0.5, 0.6) is 5.75 Å². The maximum absolute atomic E-state index is 16.0. The molecule has 0 spiro atoms. The molecule has 37 heavy (non-hydrogen) atoms. The smallest absolute Gasteiger partial charge is 0.333 e. The van der Waals surface area contributed by atoms with Gasteiger partial charge in [-0.3, -0.25) is 13.9 Å². The number of hydrogen-bond acceptors (Lipinski definition) is 6. The van der Waals surface area contributed by atoms with Crippen molar-refractivity contribution in [3.05, 3.63) is 62.9 Å². The van der Waals surface area contributed by atoms with Crippen molar-refractivity contribution in [2.75, 3.05) is 26.9 Å². The molecule has 1 aromatic carbocycles. The number of ether oxygens (including phenoxy) is 4. The van der Waals surface area contributed by atoms with Crippen LogP contribution in [0, 0.1) is 0 Å². The van der Waals surface area contributed by atoms with Gasteiger partial charge in [0.05, 0.1) is 20.3 Å². The summed E-state index contributed by atoms with van der Waals surface area (Å²) in [6.45, 7) is 5.57. The Morgan fingerprint density at radius 1 is 1.08 bits per heavy atom. The van der Waals surface area contributed by atoms with E-state index >= 15 is 8.78 Å². The Hall–Kier alpha value is -2.56. The molecule has 0 aliphatic carbocycles. The molecule has 0 amide bonds. The summed E-state index contributed by atoms with van der Waals surface area (Å²) in [6, 6.07) is 8.06. The lowest BCUT2D eigenvalue weighted by Gasteiger charge is -2.35. The van der Waals surface area contributed by atoms with E-state index < -0.39 is 41.5 Å². The Morgan fingerprint density at radius 2 is 1.76 bits per heavy atom.